The summed E-state index contributed by atoms with van der Waals surface area (Å²) in [5.41, 5.74) is 0.850. The number of amides is 1. The Labute approximate surface area is 139 Å². The molecule has 0 aliphatic carbocycles. The van der Waals surface area contributed by atoms with E-state index < -0.39 is 0 Å². The molecular weight excluding hydrogens is 322 g/mol. The number of carbonyl (C=O) groups is 1. The van der Waals surface area contributed by atoms with E-state index in [1.54, 1.807) is 25.7 Å². The van der Waals surface area contributed by atoms with E-state index >= 15 is 0 Å². The number of halogens is 1. The lowest BCUT2D eigenvalue weighted by atomic mass is 10.0. The molecule has 0 saturated heterocycles. The summed E-state index contributed by atoms with van der Waals surface area (Å²) in [6.07, 6.45) is -0.320. The number of methoxy groups -OCH3 is 2. The molecule has 0 radical (unpaired) electrons. The fourth-order valence-electron chi connectivity index (χ4n) is 2.20. The second-order valence-corrected chi connectivity index (χ2v) is 6.11. The molecule has 118 valence electrons. The fraction of sp³-hybridized carbons (Fsp3) is 0.312. The lowest BCUT2D eigenvalue weighted by Gasteiger charge is -2.24. The minimum Gasteiger partial charge on any atom is -0.496 e. The zero-order chi connectivity index (χ0) is 16.1. The first kappa shape index (κ1) is 16.8. The summed E-state index contributed by atoms with van der Waals surface area (Å²) in [6.45, 7) is 1.89. The average molecular weight is 340 g/mol. The van der Waals surface area contributed by atoms with Gasteiger partial charge in [0.1, 0.15) is 11.9 Å². The van der Waals surface area contributed by atoms with Gasteiger partial charge >= 0.3 is 0 Å². The van der Waals surface area contributed by atoms with Gasteiger partial charge in [-0.25, -0.2) is 0 Å². The van der Waals surface area contributed by atoms with Crippen molar-refractivity contribution in [1.29, 1.82) is 0 Å². The molecular formula is C16H18ClNO3S. The van der Waals surface area contributed by atoms with Crippen LogP contribution in [0.4, 0.5) is 0 Å². The third-order valence-electron chi connectivity index (χ3n) is 3.31. The smallest absolute Gasteiger partial charge is 0.261 e. The summed E-state index contributed by atoms with van der Waals surface area (Å²) in [5.74, 6) is 0.520. The number of carbonyl (C=O) groups excluding carboxylic acids is 1. The quantitative estimate of drug-likeness (QED) is 0.867. The maximum absolute atomic E-state index is 12.3. The van der Waals surface area contributed by atoms with Crippen LogP contribution in [0.25, 0.3) is 0 Å². The lowest BCUT2D eigenvalue weighted by Crippen LogP contribution is -2.37. The van der Waals surface area contributed by atoms with Crippen LogP contribution in [0.15, 0.2) is 35.7 Å². The largest absolute Gasteiger partial charge is 0.496 e. The molecule has 1 heterocycles. The van der Waals surface area contributed by atoms with Crippen LogP contribution < -0.4 is 10.1 Å². The van der Waals surface area contributed by atoms with Crippen molar-refractivity contribution in [3.63, 3.8) is 0 Å². The number of benzene rings is 1. The Morgan fingerprint density at radius 1 is 1.32 bits per heavy atom. The lowest BCUT2D eigenvalue weighted by molar-refractivity contribution is 0.0647. The molecule has 0 aliphatic rings. The highest BCUT2D eigenvalue weighted by Crippen LogP contribution is 2.28. The molecule has 0 spiro atoms. The second kappa shape index (κ2) is 7.63. The summed E-state index contributed by atoms with van der Waals surface area (Å²) in [7, 11) is 3.18. The molecule has 1 amide bonds. The summed E-state index contributed by atoms with van der Waals surface area (Å²) < 4.78 is 10.6. The minimum absolute atomic E-state index is 0.157. The van der Waals surface area contributed by atoms with Gasteiger partial charge in [-0.3, -0.25) is 4.79 Å². The predicted octanol–water partition coefficient (Wildman–Crippen LogP) is 3.92. The van der Waals surface area contributed by atoms with Crippen molar-refractivity contribution < 1.29 is 14.3 Å². The molecule has 0 saturated carbocycles. The van der Waals surface area contributed by atoms with E-state index in [4.69, 9.17) is 21.1 Å². The molecule has 0 unspecified atom stereocenters. The Kier molecular flexibility index (Phi) is 5.83. The van der Waals surface area contributed by atoms with Gasteiger partial charge in [-0.2, -0.15) is 0 Å². The third kappa shape index (κ3) is 3.80. The highest BCUT2D eigenvalue weighted by Gasteiger charge is 2.23. The van der Waals surface area contributed by atoms with Crippen LogP contribution >= 0.6 is 22.9 Å². The average Bonchev–Trinajstić information content (AvgIpc) is 2.99. The fourth-order valence-corrected chi connectivity index (χ4v) is 3.21. The molecule has 1 N–H and O–H groups in total. The van der Waals surface area contributed by atoms with Crippen LogP contribution in [0.1, 0.15) is 28.3 Å². The maximum atomic E-state index is 12.3. The van der Waals surface area contributed by atoms with Crippen LogP contribution in [0.3, 0.4) is 0 Å². The molecule has 2 rings (SSSR count). The number of rotatable bonds is 6. The van der Waals surface area contributed by atoms with Crippen molar-refractivity contribution in [3.8, 4) is 5.75 Å². The van der Waals surface area contributed by atoms with Gasteiger partial charge < -0.3 is 14.8 Å². The van der Waals surface area contributed by atoms with Crippen LogP contribution in [-0.4, -0.2) is 26.2 Å². The van der Waals surface area contributed by atoms with E-state index in [1.807, 2.05) is 31.2 Å². The number of nitrogens with one attached hydrogen (secondary N) is 1. The third-order valence-corrected chi connectivity index (χ3v) is 4.57. The van der Waals surface area contributed by atoms with Crippen LogP contribution in [0.5, 0.6) is 5.75 Å². The summed E-state index contributed by atoms with van der Waals surface area (Å²) in [5, 5.41) is 5.35. The highest BCUT2D eigenvalue weighted by molar-refractivity contribution is 7.12. The molecule has 0 aliphatic heterocycles. The summed E-state index contributed by atoms with van der Waals surface area (Å²) in [6, 6.07) is 8.94. The van der Waals surface area contributed by atoms with E-state index in [2.05, 4.69) is 5.32 Å². The van der Waals surface area contributed by atoms with Crippen molar-refractivity contribution in [2.75, 3.05) is 14.2 Å². The standard InChI is InChI=1S/C16H18ClNO3S/c1-10(15(21-3)12-6-4-5-7-13(12)17)18-16(19)14-8-11(20-2)9-22-14/h4-10,15H,1-3H3,(H,18,19)/t10-,15+/m1/s1. The minimum atomic E-state index is -0.320. The van der Waals surface area contributed by atoms with Crippen molar-refractivity contribution >= 4 is 28.8 Å². The van der Waals surface area contributed by atoms with Gasteiger partial charge in [0.25, 0.3) is 5.91 Å². The number of hydrogen-bond acceptors (Lipinski definition) is 4. The Hall–Kier alpha value is -1.56. The molecule has 22 heavy (non-hydrogen) atoms. The zero-order valence-electron chi connectivity index (χ0n) is 12.6. The second-order valence-electron chi connectivity index (χ2n) is 4.79. The van der Waals surface area contributed by atoms with Gasteiger partial charge in [0.15, 0.2) is 0 Å². The monoisotopic (exact) mass is 339 g/mol. The van der Waals surface area contributed by atoms with Gasteiger partial charge in [0.2, 0.25) is 0 Å². The van der Waals surface area contributed by atoms with Crippen molar-refractivity contribution in [2.45, 2.75) is 19.1 Å². The van der Waals surface area contributed by atoms with Crippen molar-refractivity contribution in [2.24, 2.45) is 0 Å². The van der Waals surface area contributed by atoms with Gasteiger partial charge in [-0.15, -0.1) is 11.3 Å². The van der Waals surface area contributed by atoms with Gasteiger partial charge in [0.05, 0.1) is 18.0 Å². The first-order valence-electron chi connectivity index (χ1n) is 6.77. The topological polar surface area (TPSA) is 47.6 Å². The van der Waals surface area contributed by atoms with Crippen LogP contribution in [-0.2, 0) is 4.74 Å². The SMILES string of the molecule is COc1csc(C(=O)N[C@H](C)[C@H](OC)c2ccccc2Cl)c1. The molecule has 4 nitrogen and oxygen atoms in total. The Morgan fingerprint density at radius 3 is 2.64 bits per heavy atom. The van der Waals surface area contributed by atoms with E-state index in [1.165, 1.54) is 11.3 Å². The van der Waals surface area contributed by atoms with Gasteiger partial charge in [0, 0.05) is 29.1 Å². The Bertz CT molecular complexity index is 644. The Balaban J connectivity index is 2.10. The van der Waals surface area contributed by atoms with Crippen molar-refractivity contribution in [1.82, 2.24) is 5.32 Å². The normalized spacial score (nSPS) is 13.5. The summed E-state index contributed by atoms with van der Waals surface area (Å²) in [4.78, 5) is 12.9. The van der Waals surface area contributed by atoms with E-state index in [0.717, 1.165) is 5.56 Å². The Morgan fingerprint density at radius 2 is 2.05 bits per heavy atom. The van der Waals surface area contributed by atoms with E-state index in [9.17, 15) is 4.79 Å². The van der Waals surface area contributed by atoms with Gasteiger partial charge in [-0.1, -0.05) is 29.8 Å². The van der Waals surface area contributed by atoms with Crippen LogP contribution in [0, 0.1) is 0 Å². The van der Waals surface area contributed by atoms with Crippen molar-refractivity contribution in [3.05, 3.63) is 51.2 Å². The van der Waals surface area contributed by atoms with E-state index in [-0.39, 0.29) is 18.1 Å². The first-order chi connectivity index (χ1) is 10.6. The molecule has 6 heteroatoms. The molecule has 0 bridgehead atoms. The predicted molar refractivity (Wildman–Crippen MR) is 89.0 cm³/mol. The zero-order valence-corrected chi connectivity index (χ0v) is 14.2. The number of hydrogen-bond donors (Lipinski definition) is 1. The maximum Gasteiger partial charge on any atom is 0.261 e. The van der Waals surface area contributed by atoms with Crippen LogP contribution in [0.2, 0.25) is 5.02 Å². The number of ether oxygens (including phenoxy) is 2. The summed E-state index contributed by atoms with van der Waals surface area (Å²) >= 11 is 7.55. The molecule has 2 atom stereocenters. The number of thiophene rings is 1. The highest BCUT2D eigenvalue weighted by atomic mass is 35.5. The molecule has 1 aromatic heterocycles. The first-order valence-corrected chi connectivity index (χ1v) is 8.03. The molecule has 1 aromatic carbocycles. The van der Waals surface area contributed by atoms with E-state index in [0.29, 0.717) is 15.6 Å². The molecule has 2 aromatic rings. The van der Waals surface area contributed by atoms with Gasteiger partial charge in [-0.05, 0) is 13.0 Å². The molecule has 0 fully saturated rings.